The molecule has 4 heterocycles. The van der Waals surface area contributed by atoms with Gasteiger partial charge >= 0.3 is 0 Å². The summed E-state index contributed by atoms with van der Waals surface area (Å²) in [5.41, 5.74) is 7.80. The quantitative estimate of drug-likeness (QED) is 0.187. The first kappa shape index (κ1) is 28.5. The van der Waals surface area contributed by atoms with Gasteiger partial charge in [0.15, 0.2) is 11.6 Å². The summed E-state index contributed by atoms with van der Waals surface area (Å²) in [6.45, 7) is 0. The Bertz CT molecular complexity index is 3090. The predicted octanol–water partition coefficient (Wildman–Crippen LogP) is 12.0. The number of fused-ring (bicyclic) bond motifs is 9. The van der Waals surface area contributed by atoms with Gasteiger partial charge in [-0.1, -0.05) is 97.1 Å². The normalized spacial score (nSPS) is 13.4. The number of benzene rings is 6. The van der Waals surface area contributed by atoms with E-state index < -0.39 is 0 Å². The molecule has 0 amide bonds. The van der Waals surface area contributed by atoms with Crippen LogP contribution in [0.4, 0.5) is 0 Å². The SMILES string of the molecule is C1=CCCC(n2c3ccccc3c3cc4c(cc32)c2ccccc2n4-c2nc(-c3ccccc3)nc(-c3ccc4sc5ccccc5c4c3)n2)=C1. The van der Waals surface area contributed by atoms with Crippen LogP contribution >= 0.6 is 11.3 Å². The van der Waals surface area contributed by atoms with E-state index in [-0.39, 0.29) is 0 Å². The molecule has 0 saturated carbocycles. The van der Waals surface area contributed by atoms with E-state index in [1.807, 2.05) is 29.5 Å². The van der Waals surface area contributed by atoms with Crippen LogP contribution in [0.1, 0.15) is 12.8 Å². The Hall–Kier alpha value is -6.37. The van der Waals surface area contributed by atoms with Crippen LogP contribution < -0.4 is 0 Å². The predicted molar refractivity (Wildman–Crippen MR) is 214 cm³/mol. The van der Waals surface area contributed by atoms with E-state index in [2.05, 4.69) is 143 Å². The van der Waals surface area contributed by atoms with Crippen LogP contribution in [0.5, 0.6) is 0 Å². The summed E-state index contributed by atoms with van der Waals surface area (Å²) in [7, 11) is 0. The largest absolute Gasteiger partial charge is 0.313 e. The fourth-order valence-electron chi connectivity index (χ4n) is 7.91. The lowest BCUT2D eigenvalue weighted by Gasteiger charge is -2.14. The second-order valence-corrected chi connectivity index (χ2v) is 14.3. The Balaban J connectivity index is 1.21. The van der Waals surface area contributed by atoms with Gasteiger partial charge in [0, 0.05) is 58.5 Å². The fraction of sp³-hybridized carbons (Fsp3) is 0.0444. The van der Waals surface area contributed by atoms with E-state index in [0.29, 0.717) is 17.6 Å². The molecule has 240 valence electrons. The second kappa shape index (κ2) is 11.1. The van der Waals surface area contributed by atoms with Crippen molar-refractivity contribution in [3.8, 4) is 28.7 Å². The highest BCUT2D eigenvalue weighted by atomic mass is 32.1. The minimum absolute atomic E-state index is 0.601. The summed E-state index contributed by atoms with van der Waals surface area (Å²) in [4.78, 5) is 15.6. The van der Waals surface area contributed by atoms with Gasteiger partial charge in [-0.2, -0.15) is 9.97 Å². The van der Waals surface area contributed by atoms with E-state index >= 15 is 0 Å². The Morgan fingerprint density at radius 2 is 1.10 bits per heavy atom. The van der Waals surface area contributed by atoms with Crippen molar-refractivity contribution >= 4 is 80.8 Å². The van der Waals surface area contributed by atoms with Crippen LogP contribution in [-0.2, 0) is 0 Å². The molecule has 1 aliphatic carbocycles. The molecule has 4 aromatic heterocycles. The Morgan fingerprint density at radius 1 is 0.471 bits per heavy atom. The average molecular weight is 672 g/mol. The molecule has 6 aromatic carbocycles. The maximum atomic E-state index is 5.29. The molecule has 0 spiro atoms. The van der Waals surface area contributed by atoms with E-state index in [0.717, 1.165) is 40.4 Å². The summed E-state index contributed by atoms with van der Waals surface area (Å²) < 4.78 is 7.22. The third kappa shape index (κ3) is 4.36. The molecule has 0 unspecified atom stereocenters. The number of para-hydroxylation sites is 2. The average Bonchev–Trinajstić information content (AvgIpc) is 3.84. The molecule has 0 saturated heterocycles. The smallest absolute Gasteiger partial charge is 0.238 e. The van der Waals surface area contributed by atoms with Gasteiger partial charge in [-0.05, 0) is 67.4 Å². The standard InChI is InChI=1S/C45H29N5S/c1-3-13-28(14-4-1)43-46-44(29-23-24-42-36(25-29)33-19-9-12-22-41(33)51-42)48-45(47-43)50-38-21-11-8-18-32(38)35-26-39-34(27-40(35)50)31-17-7-10-20-37(31)49(39)30-15-5-2-6-16-30/h1-5,7-15,17-27H,6,16H2. The maximum Gasteiger partial charge on any atom is 0.238 e. The summed E-state index contributed by atoms with van der Waals surface area (Å²) in [6, 6.07) is 47.5. The van der Waals surface area contributed by atoms with Crippen molar-refractivity contribution in [1.29, 1.82) is 0 Å². The molecule has 0 N–H and O–H groups in total. The first-order chi connectivity index (χ1) is 25.3. The van der Waals surface area contributed by atoms with Gasteiger partial charge in [0.2, 0.25) is 5.95 Å². The first-order valence-electron chi connectivity index (χ1n) is 17.3. The van der Waals surface area contributed by atoms with Crippen molar-refractivity contribution < 1.29 is 0 Å². The number of hydrogen-bond acceptors (Lipinski definition) is 4. The molecule has 1 aliphatic rings. The number of aromatic nitrogens is 5. The van der Waals surface area contributed by atoms with E-state index in [1.165, 1.54) is 53.1 Å². The maximum absolute atomic E-state index is 5.29. The zero-order valence-corrected chi connectivity index (χ0v) is 28.3. The van der Waals surface area contributed by atoms with Crippen LogP contribution in [0.3, 0.4) is 0 Å². The minimum Gasteiger partial charge on any atom is -0.313 e. The molecule has 51 heavy (non-hydrogen) atoms. The molecule has 0 fully saturated rings. The lowest BCUT2D eigenvalue weighted by atomic mass is 10.1. The van der Waals surface area contributed by atoms with Crippen molar-refractivity contribution in [2.45, 2.75) is 12.8 Å². The van der Waals surface area contributed by atoms with Crippen LogP contribution in [0.25, 0.3) is 98.2 Å². The summed E-state index contributed by atoms with van der Waals surface area (Å²) >= 11 is 1.82. The molecule has 0 radical (unpaired) electrons. The van der Waals surface area contributed by atoms with Crippen molar-refractivity contribution in [1.82, 2.24) is 24.1 Å². The van der Waals surface area contributed by atoms with Crippen molar-refractivity contribution in [3.63, 3.8) is 0 Å². The zero-order chi connectivity index (χ0) is 33.5. The highest BCUT2D eigenvalue weighted by Crippen LogP contribution is 2.41. The van der Waals surface area contributed by atoms with Crippen molar-refractivity contribution in [3.05, 3.63) is 152 Å². The van der Waals surface area contributed by atoms with Gasteiger partial charge in [-0.25, -0.2) is 4.98 Å². The lowest BCUT2D eigenvalue weighted by molar-refractivity contribution is 0.954. The lowest BCUT2D eigenvalue weighted by Crippen LogP contribution is -2.06. The Morgan fingerprint density at radius 3 is 1.84 bits per heavy atom. The van der Waals surface area contributed by atoms with Gasteiger partial charge < -0.3 is 4.57 Å². The second-order valence-electron chi connectivity index (χ2n) is 13.2. The number of nitrogens with zero attached hydrogens (tertiary/aromatic N) is 5. The van der Waals surface area contributed by atoms with Gasteiger partial charge in [0.1, 0.15) is 0 Å². The molecule has 5 nitrogen and oxygen atoms in total. The van der Waals surface area contributed by atoms with Crippen LogP contribution in [0.2, 0.25) is 0 Å². The van der Waals surface area contributed by atoms with Gasteiger partial charge in [-0.3, -0.25) is 4.57 Å². The molecule has 0 bridgehead atoms. The topological polar surface area (TPSA) is 48.5 Å². The molecule has 11 rings (SSSR count). The monoisotopic (exact) mass is 671 g/mol. The first-order valence-corrected chi connectivity index (χ1v) is 18.2. The van der Waals surface area contributed by atoms with Crippen molar-refractivity contribution in [2.24, 2.45) is 0 Å². The number of allylic oxidation sites excluding steroid dienone is 4. The fourth-order valence-corrected chi connectivity index (χ4v) is 8.99. The minimum atomic E-state index is 0.601. The summed E-state index contributed by atoms with van der Waals surface area (Å²) in [6.07, 6.45) is 8.74. The molecule has 6 heteroatoms. The number of thiophene rings is 1. The molecule has 0 aliphatic heterocycles. The van der Waals surface area contributed by atoms with Gasteiger partial charge in [-0.15, -0.1) is 11.3 Å². The summed E-state index contributed by atoms with van der Waals surface area (Å²) in [5, 5.41) is 7.25. The van der Waals surface area contributed by atoms with Crippen LogP contribution in [0.15, 0.2) is 152 Å². The van der Waals surface area contributed by atoms with E-state index in [9.17, 15) is 0 Å². The van der Waals surface area contributed by atoms with Crippen LogP contribution in [0, 0.1) is 0 Å². The van der Waals surface area contributed by atoms with Gasteiger partial charge in [0.05, 0.1) is 22.1 Å². The molecule has 0 atom stereocenters. The van der Waals surface area contributed by atoms with Crippen LogP contribution in [-0.4, -0.2) is 24.1 Å². The third-order valence-electron chi connectivity index (χ3n) is 10.2. The number of hydrogen-bond donors (Lipinski definition) is 0. The highest BCUT2D eigenvalue weighted by Gasteiger charge is 2.22. The molecular weight excluding hydrogens is 643 g/mol. The highest BCUT2D eigenvalue weighted by molar-refractivity contribution is 7.25. The molecular formula is C45H29N5S. The Labute approximate surface area is 297 Å². The zero-order valence-electron chi connectivity index (χ0n) is 27.5. The Kier molecular flexibility index (Phi) is 6.18. The van der Waals surface area contributed by atoms with Crippen molar-refractivity contribution in [2.75, 3.05) is 0 Å². The van der Waals surface area contributed by atoms with E-state index in [4.69, 9.17) is 15.0 Å². The van der Waals surface area contributed by atoms with E-state index in [1.54, 1.807) is 0 Å². The summed E-state index contributed by atoms with van der Waals surface area (Å²) in [5.74, 6) is 1.90. The third-order valence-corrected chi connectivity index (χ3v) is 11.4. The molecule has 10 aromatic rings. The van der Waals surface area contributed by atoms with Gasteiger partial charge in [0.25, 0.3) is 0 Å². The number of rotatable bonds is 4.